The van der Waals surface area contributed by atoms with Crippen molar-refractivity contribution in [3.63, 3.8) is 0 Å². The molecule has 29 heavy (non-hydrogen) atoms. The molecule has 6 heteroatoms. The molecular formula is C23H25N3O3. The first-order chi connectivity index (χ1) is 14.0. The van der Waals surface area contributed by atoms with E-state index in [9.17, 15) is 14.4 Å². The summed E-state index contributed by atoms with van der Waals surface area (Å²) in [5.74, 6) is -0.316. The van der Waals surface area contributed by atoms with Crippen LogP contribution >= 0.6 is 0 Å². The second-order valence-corrected chi connectivity index (χ2v) is 6.97. The quantitative estimate of drug-likeness (QED) is 0.793. The van der Waals surface area contributed by atoms with Gasteiger partial charge < -0.3 is 15.5 Å². The van der Waals surface area contributed by atoms with E-state index >= 15 is 0 Å². The molecule has 2 N–H and O–H groups in total. The van der Waals surface area contributed by atoms with Gasteiger partial charge in [0.15, 0.2) is 0 Å². The second kappa shape index (κ2) is 9.19. The molecule has 0 saturated heterocycles. The van der Waals surface area contributed by atoms with Crippen molar-refractivity contribution in [1.82, 2.24) is 10.2 Å². The van der Waals surface area contributed by atoms with Crippen LogP contribution in [0.1, 0.15) is 43.0 Å². The predicted octanol–water partition coefficient (Wildman–Crippen LogP) is 3.27. The van der Waals surface area contributed by atoms with E-state index in [0.29, 0.717) is 18.7 Å². The summed E-state index contributed by atoms with van der Waals surface area (Å²) in [6, 6.07) is 14.6. The minimum Gasteiger partial charge on any atom is -0.356 e. The molecular weight excluding hydrogens is 366 g/mol. The molecule has 0 bridgehead atoms. The summed E-state index contributed by atoms with van der Waals surface area (Å²) in [7, 11) is 0. The van der Waals surface area contributed by atoms with Gasteiger partial charge in [-0.25, -0.2) is 0 Å². The zero-order valence-corrected chi connectivity index (χ0v) is 16.6. The van der Waals surface area contributed by atoms with Crippen molar-refractivity contribution in [3.8, 4) is 0 Å². The standard InChI is InChI=1S/C23H25N3O3/c1-3-24-22(28)14-17-8-10-19(11-9-17)25-23(29)15-21-20-7-5-4-6-18(20)12-13-26(21)16(2)27/h4-13,21H,3,14-15H2,1-2H3,(H,24,28)(H,25,29). The molecule has 6 nitrogen and oxygen atoms in total. The van der Waals surface area contributed by atoms with Crippen molar-refractivity contribution < 1.29 is 14.4 Å². The minimum absolute atomic E-state index is 0.0300. The fourth-order valence-corrected chi connectivity index (χ4v) is 3.45. The number of fused-ring (bicyclic) bond motifs is 1. The number of hydrogen-bond donors (Lipinski definition) is 2. The Morgan fingerprint density at radius 2 is 1.72 bits per heavy atom. The highest BCUT2D eigenvalue weighted by atomic mass is 16.2. The van der Waals surface area contributed by atoms with Crippen molar-refractivity contribution in [2.75, 3.05) is 11.9 Å². The maximum absolute atomic E-state index is 12.7. The molecule has 150 valence electrons. The van der Waals surface area contributed by atoms with E-state index in [0.717, 1.165) is 16.7 Å². The van der Waals surface area contributed by atoms with E-state index in [1.54, 1.807) is 23.2 Å². The molecule has 2 aromatic rings. The average molecular weight is 391 g/mol. The minimum atomic E-state index is -0.342. The third-order valence-corrected chi connectivity index (χ3v) is 4.82. The third-order valence-electron chi connectivity index (χ3n) is 4.82. The number of nitrogens with one attached hydrogen (secondary N) is 2. The number of amides is 3. The van der Waals surface area contributed by atoms with E-state index < -0.39 is 0 Å². The normalized spacial score (nSPS) is 14.8. The molecule has 3 amide bonds. The summed E-state index contributed by atoms with van der Waals surface area (Å²) >= 11 is 0. The molecule has 0 aromatic heterocycles. The fraction of sp³-hybridized carbons (Fsp3) is 0.261. The van der Waals surface area contributed by atoms with Gasteiger partial charge in [-0.1, -0.05) is 36.4 Å². The van der Waals surface area contributed by atoms with Crippen LogP contribution in [0.25, 0.3) is 6.08 Å². The second-order valence-electron chi connectivity index (χ2n) is 6.97. The molecule has 0 spiro atoms. The van der Waals surface area contributed by atoms with Crippen LogP contribution in [0.5, 0.6) is 0 Å². The number of hydrogen-bond acceptors (Lipinski definition) is 3. The van der Waals surface area contributed by atoms with Crippen molar-refractivity contribution in [3.05, 3.63) is 71.4 Å². The topological polar surface area (TPSA) is 78.5 Å². The lowest BCUT2D eigenvalue weighted by Crippen LogP contribution is -2.33. The van der Waals surface area contributed by atoms with Gasteiger partial charge in [0.25, 0.3) is 0 Å². The number of rotatable bonds is 6. The van der Waals surface area contributed by atoms with Gasteiger partial charge >= 0.3 is 0 Å². The van der Waals surface area contributed by atoms with Crippen LogP contribution in [-0.2, 0) is 20.8 Å². The van der Waals surface area contributed by atoms with Crippen LogP contribution in [0.15, 0.2) is 54.7 Å². The zero-order valence-electron chi connectivity index (χ0n) is 16.6. The lowest BCUT2D eigenvalue weighted by atomic mass is 9.93. The van der Waals surface area contributed by atoms with Gasteiger partial charge in [0, 0.05) is 25.4 Å². The van der Waals surface area contributed by atoms with E-state index in [1.165, 1.54) is 6.92 Å². The molecule has 2 aromatic carbocycles. The van der Waals surface area contributed by atoms with Gasteiger partial charge in [0.1, 0.15) is 0 Å². The summed E-state index contributed by atoms with van der Waals surface area (Å²) in [6.45, 7) is 3.98. The lowest BCUT2D eigenvalue weighted by molar-refractivity contribution is -0.129. The van der Waals surface area contributed by atoms with E-state index in [1.807, 2.05) is 49.4 Å². The smallest absolute Gasteiger partial charge is 0.226 e. The predicted molar refractivity (Wildman–Crippen MR) is 113 cm³/mol. The van der Waals surface area contributed by atoms with Crippen LogP contribution in [-0.4, -0.2) is 29.2 Å². The highest BCUT2D eigenvalue weighted by molar-refractivity contribution is 5.92. The molecule has 0 saturated carbocycles. The van der Waals surface area contributed by atoms with Gasteiger partial charge in [-0.15, -0.1) is 0 Å². The van der Waals surface area contributed by atoms with Crippen LogP contribution in [0.3, 0.4) is 0 Å². The molecule has 1 aliphatic rings. The largest absolute Gasteiger partial charge is 0.356 e. The summed E-state index contributed by atoms with van der Waals surface area (Å²) in [6.07, 6.45) is 4.08. The maximum atomic E-state index is 12.7. The van der Waals surface area contributed by atoms with Gasteiger partial charge in [0.2, 0.25) is 17.7 Å². The number of carbonyl (C=O) groups is 3. The van der Waals surface area contributed by atoms with Crippen molar-refractivity contribution >= 4 is 29.5 Å². The van der Waals surface area contributed by atoms with Crippen molar-refractivity contribution in [2.24, 2.45) is 0 Å². The number of nitrogens with zero attached hydrogens (tertiary/aromatic N) is 1. The summed E-state index contributed by atoms with van der Waals surface area (Å²) in [5.41, 5.74) is 3.50. The monoisotopic (exact) mass is 391 g/mol. The Morgan fingerprint density at radius 3 is 2.41 bits per heavy atom. The maximum Gasteiger partial charge on any atom is 0.226 e. The molecule has 1 aliphatic heterocycles. The van der Waals surface area contributed by atoms with Gasteiger partial charge in [0.05, 0.1) is 18.9 Å². The van der Waals surface area contributed by atoms with Crippen LogP contribution in [0.4, 0.5) is 5.69 Å². The Morgan fingerprint density at radius 1 is 1.00 bits per heavy atom. The Balaban J connectivity index is 1.67. The molecule has 1 unspecified atom stereocenters. The van der Waals surface area contributed by atoms with Crippen LogP contribution in [0.2, 0.25) is 0 Å². The zero-order chi connectivity index (χ0) is 20.8. The number of anilines is 1. The number of benzene rings is 2. The summed E-state index contributed by atoms with van der Waals surface area (Å²) in [5, 5.41) is 5.64. The van der Waals surface area contributed by atoms with E-state index in [2.05, 4.69) is 10.6 Å². The molecule has 1 heterocycles. The first-order valence-electron chi connectivity index (χ1n) is 9.69. The Labute approximate surface area is 170 Å². The van der Waals surface area contributed by atoms with E-state index in [-0.39, 0.29) is 30.2 Å². The van der Waals surface area contributed by atoms with Crippen LogP contribution < -0.4 is 10.6 Å². The van der Waals surface area contributed by atoms with E-state index in [4.69, 9.17) is 0 Å². The van der Waals surface area contributed by atoms with Crippen molar-refractivity contribution in [1.29, 1.82) is 0 Å². The summed E-state index contributed by atoms with van der Waals surface area (Å²) < 4.78 is 0. The molecule has 0 fully saturated rings. The fourth-order valence-electron chi connectivity index (χ4n) is 3.45. The first-order valence-corrected chi connectivity index (χ1v) is 9.69. The molecule has 3 rings (SSSR count). The lowest BCUT2D eigenvalue weighted by Gasteiger charge is -2.32. The Bertz CT molecular complexity index is 935. The van der Waals surface area contributed by atoms with Gasteiger partial charge in [-0.05, 0) is 41.8 Å². The molecule has 1 atom stereocenters. The van der Waals surface area contributed by atoms with Gasteiger partial charge in [-0.2, -0.15) is 0 Å². The average Bonchev–Trinajstić information content (AvgIpc) is 2.69. The molecule has 0 aliphatic carbocycles. The van der Waals surface area contributed by atoms with Gasteiger partial charge in [-0.3, -0.25) is 14.4 Å². The van der Waals surface area contributed by atoms with Crippen LogP contribution in [0, 0.1) is 0 Å². The SMILES string of the molecule is CCNC(=O)Cc1ccc(NC(=O)CC2c3ccccc3C=CN2C(C)=O)cc1. The number of likely N-dealkylation sites (N-methyl/N-ethyl adjacent to an activating group) is 1. The Hall–Kier alpha value is -3.41. The highest BCUT2D eigenvalue weighted by Crippen LogP contribution is 2.33. The number of carbonyl (C=O) groups excluding carboxylic acids is 3. The Kier molecular flexibility index (Phi) is 6.44. The first kappa shape index (κ1) is 20.3. The van der Waals surface area contributed by atoms with Crippen molar-refractivity contribution in [2.45, 2.75) is 32.7 Å². The third kappa shape index (κ3) is 5.10. The summed E-state index contributed by atoms with van der Waals surface area (Å²) in [4.78, 5) is 38.0. The molecule has 0 radical (unpaired) electrons. The highest BCUT2D eigenvalue weighted by Gasteiger charge is 2.28.